The normalized spacial score (nSPS) is 15.0. The van der Waals surface area contributed by atoms with Crippen molar-refractivity contribution in [1.29, 1.82) is 0 Å². The summed E-state index contributed by atoms with van der Waals surface area (Å²) in [6.07, 6.45) is 1.70. The van der Waals surface area contributed by atoms with E-state index in [1.807, 2.05) is 6.92 Å². The molecule has 0 aliphatic heterocycles. The van der Waals surface area contributed by atoms with Gasteiger partial charge in [0.15, 0.2) is 5.78 Å². The number of carbonyl (C=O) groups excluding carboxylic acids is 1. The molecular formula is C10H18O2. The summed E-state index contributed by atoms with van der Waals surface area (Å²) in [5, 5.41) is 0. The molecule has 1 atom stereocenters. The average molecular weight is 170 g/mol. The van der Waals surface area contributed by atoms with Crippen LogP contribution in [0.1, 0.15) is 27.7 Å². The lowest BCUT2D eigenvalue weighted by Crippen LogP contribution is -2.19. The summed E-state index contributed by atoms with van der Waals surface area (Å²) in [5.41, 5.74) is 1.00. The summed E-state index contributed by atoms with van der Waals surface area (Å²) in [7, 11) is 1.67. The molecule has 0 fully saturated rings. The maximum Gasteiger partial charge on any atom is 0.152 e. The molecule has 0 aliphatic rings. The molecule has 0 amide bonds. The van der Waals surface area contributed by atoms with Gasteiger partial charge in [-0.3, -0.25) is 4.79 Å². The smallest absolute Gasteiger partial charge is 0.152 e. The van der Waals surface area contributed by atoms with Crippen molar-refractivity contribution in [3.05, 3.63) is 11.6 Å². The van der Waals surface area contributed by atoms with E-state index in [0.29, 0.717) is 5.92 Å². The number of hydrogen-bond acceptors (Lipinski definition) is 2. The zero-order valence-corrected chi connectivity index (χ0v) is 8.55. The second kappa shape index (κ2) is 5.09. The Balaban J connectivity index is 4.40. The van der Waals surface area contributed by atoms with E-state index in [4.69, 9.17) is 4.74 Å². The Labute approximate surface area is 74.6 Å². The zero-order valence-electron chi connectivity index (χ0n) is 8.55. The lowest BCUT2D eigenvalue weighted by Gasteiger charge is -2.19. The van der Waals surface area contributed by atoms with E-state index in [0.717, 1.165) is 5.57 Å². The van der Waals surface area contributed by atoms with Crippen LogP contribution in [0.4, 0.5) is 0 Å². The SMILES string of the molecule is COC(C(C)=CC(C)=O)C(C)C. The van der Waals surface area contributed by atoms with E-state index in [1.165, 1.54) is 0 Å². The third-order valence-electron chi connectivity index (χ3n) is 1.74. The molecule has 0 rings (SSSR count). The van der Waals surface area contributed by atoms with Crippen molar-refractivity contribution in [3.63, 3.8) is 0 Å². The second-order valence-electron chi connectivity index (χ2n) is 3.40. The van der Waals surface area contributed by atoms with Gasteiger partial charge in [-0.2, -0.15) is 0 Å². The van der Waals surface area contributed by atoms with Gasteiger partial charge in [0.1, 0.15) is 0 Å². The highest BCUT2D eigenvalue weighted by Gasteiger charge is 2.13. The summed E-state index contributed by atoms with van der Waals surface area (Å²) in [4.78, 5) is 10.8. The van der Waals surface area contributed by atoms with Gasteiger partial charge in [-0.25, -0.2) is 0 Å². The minimum Gasteiger partial charge on any atom is -0.377 e. The molecule has 1 unspecified atom stereocenters. The van der Waals surface area contributed by atoms with Crippen LogP contribution in [-0.2, 0) is 9.53 Å². The van der Waals surface area contributed by atoms with Gasteiger partial charge in [-0.1, -0.05) is 13.8 Å². The number of ether oxygens (including phenoxy) is 1. The van der Waals surface area contributed by atoms with E-state index in [2.05, 4.69) is 13.8 Å². The molecule has 0 heterocycles. The molecule has 2 heteroatoms. The van der Waals surface area contributed by atoms with Crippen molar-refractivity contribution in [2.75, 3.05) is 7.11 Å². The Morgan fingerprint density at radius 2 is 1.83 bits per heavy atom. The van der Waals surface area contributed by atoms with Crippen LogP contribution in [0.3, 0.4) is 0 Å². The number of methoxy groups -OCH3 is 1. The van der Waals surface area contributed by atoms with Gasteiger partial charge in [-0.15, -0.1) is 0 Å². The van der Waals surface area contributed by atoms with Crippen molar-refractivity contribution in [2.45, 2.75) is 33.8 Å². The molecule has 0 saturated carbocycles. The van der Waals surface area contributed by atoms with E-state index >= 15 is 0 Å². The van der Waals surface area contributed by atoms with Crippen molar-refractivity contribution in [3.8, 4) is 0 Å². The first-order chi connectivity index (χ1) is 5.49. The molecule has 12 heavy (non-hydrogen) atoms. The third kappa shape index (κ3) is 3.67. The van der Waals surface area contributed by atoms with Crippen molar-refractivity contribution >= 4 is 5.78 Å². The fraction of sp³-hybridized carbons (Fsp3) is 0.700. The second-order valence-corrected chi connectivity index (χ2v) is 3.40. The van der Waals surface area contributed by atoms with Crippen LogP contribution in [0, 0.1) is 5.92 Å². The zero-order chi connectivity index (χ0) is 9.72. The Morgan fingerprint density at radius 3 is 2.08 bits per heavy atom. The topological polar surface area (TPSA) is 26.3 Å². The van der Waals surface area contributed by atoms with Gasteiger partial charge in [0.25, 0.3) is 0 Å². The molecule has 2 nitrogen and oxygen atoms in total. The van der Waals surface area contributed by atoms with Crippen molar-refractivity contribution in [1.82, 2.24) is 0 Å². The van der Waals surface area contributed by atoms with Crippen LogP contribution in [0.15, 0.2) is 11.6 Å². The highest BCUT2D eigenvalue weighted by atomic mass is 16.5. The Morgan fingerprint density at radius 1 is 1.33 bits per heavy atom. The van der Waals surface area contributed by atoms with E-state index in [9.17, 15) is 4.79 Å². The van der Waals surface area contributed by atoms with Crippen LogP contribution in [-0.4, -0.2) is 19.0 Å². The summed E-state index contributed by atoms with van der Waals surface area (Å²) in [5.74, 6) is 0.487. The molecule has 0 bridgehead atoms. The fourth-order valence-corrected chi connectivity index (χ4v) is 1.39. The maximum absolute atomic E-state index is 10.8. The molecule has 0 aromatic rings. The summed E-state index contributed by atoms with van der Waals surface area (Å²) >= 11 is 0. The quantitative estimate of drug-likeness (QED) is 0.604. The molecule has 0 aromatic heterocycles. The maximum atomic E-state index is 10.8. The molecular weight excluding hydrogens is 152 g/mol. The van der Waals surface area contributed by atoms with Gasteiger partial charge < -0.3 is 4.74 Å². The lowest BCUT2D eigenvalue weighted by atomic mass is 9.99. The Bertz CT molecular complexity index is 180. The fourth-order valence-electron chi connectivity index (χ4n) is 1.39. The summed E-state index contributed by atoms with van der Waals surface area (Å²) < 4.78 is 5.25. The minimum atomic E-state index is 0.0638. The predicted octanol–water partition coefficient (Wildman–Crippen LogP) is 2.19. The van der Waals surface area contributed by atoms with Crippen molar-refractivity contribution < 1.29 is 9.53 Å². The number of rotatable bonds is 4. The van der Waals surface area contributed by atoms with Crippen LogP contribution in [0.5, 0.6) is 0 Å². The van der Waals surface area contributed by atoms with Crippen LogP contribution < -0.4 is 0 Å². The lowest BCUT2D eigenvalue weighted by molar-refractivity contribution is -0.112. The van der Waals surface area contributed by atoms with E-state index < -0.39 is 0 Å². The van der Waals surface area contributed by atoms with Gasteiger partial charge in [0, 0.05) is 7.11 Å². The highest BCUT2D eigenvalue weighted by molar-refractivity contribution is 5.88. The first-order valence-electron chi connectivity index (χ1n) is 4.20. The van der Waals surface area contributed by atoms with Crippen LogP contribution >= 0.6 is 0 Å². The summed E-state index contributed by atoms with van der Waals surface area (Å²) in [6, 6.07) is 0. The predicted molar refractivity (Wildman–Crippen MR) is 50.1 cm³/mol. The molecule has 0 aliphatic carbocycles. The van der Waals surface area contributed by atoms with Crippen LogP contribution in [0.25, 0.3) is 0 Å². The number of allylic oxidation sites excluding steroid dienone is 1. The van der Waals surface area contributed by atoms with Crippen LogP contribution in [0.2, 0.25) is 0 Å². The van der Waals surface area contributed by atoms with Crippen molar-refractivity contribution in [2.24, 2.45) is 5.92 Å². The van der Waals surface area contributed by atoms with Gasteiger partial charge in [0.05, 0.1) is 6.10 Å². The Kier molecular flexibility index (Phi) is 4.83. The average Bonchev–Trinajstić information content (AvgIpc) is 1.85. The summed E-state index contributed by atoms with van der Waals surface area (Å²) in [6.45, 7) is 7.63. The first kappa shape index (κ1) is 11.4. The first-order valence-corrected chi connectivity index (χ1v) is 4.20. The Hall–Kier alpha value is -0.630. The van der Waals surface area contributed by atoms with Gasteiger partial charge >= 0.3 is 0 Å². The molecule has 0 aromatic carbocycles. The third-order valence-corrected chi connectivity index (χ3v) is 1.74. The number of ketones is 1. The molecule has 0 spiro atoms. The highest BCUT2D eigenvalue weighted by Crippen LogP contribution is 2.14. The van der Waals surface area contributed by atoms with E-state index in [1.54, 1.807) is 20.1 Å². The monoisotopic (exact) mass is 170 g/mol. The molecule has 0 radical (unpaired) electrons. The molecule has 0 saturated heterocycles. The van der Waals surface area contributed by atoms with Gasteiger partial charge in [0.2, 0.25) is 0 Å². The van der Waals surface area contributed by atoms with E-state index in [-0.39, 0.29) is 11.9 Å². The largest absolute Gasteiger partial charge is 0.377 e. The standard InChI is InChI=1S/C10H18O2/c1-7(2)10(12-5)8(3)6-9(4)11/h6-7,10H,1-5H3. The number of carbonyl (C=O) groups is 1. The van der Waals surface area contributed by atoms with Gasteiger partial charge in [-0.05, 0) is 31.4 Å². The minimum absolute atomic E-state index is 0.0638. The molecule has 0 N–H and O–H groups in total. The number of hydrogen-bond donors (Lipinski definition) is 0. The molecule has 70 valence electrons.